The molecular formula is C11H17ClN2. The van der Waals surface area contributed by atoms with Crippen molar-refractivity contribution >= 4 is 17.4 Å². The van der Waals surface area contributed by atoms with Crippen molar-refractivity contribution in [1.29, 1.82) is 0 Å². The summed E-state index contributed by atoms with van der Waals surface area (Å²) in [7, 11) is 0. The molecule has 0 aliphatic heterocycles. The summed E-state index contributed by atoms with van der Waals surface area (Å²) in [4.78, 5) is 4.36. The van der Waals surface area contributed by atoms with Crippen molar-refractivity contribution < 1.29 is 0 Å². The van der Waals surface area contributed by atoms with E-state index in [1.165, 1.54) is 0 Å². The summed E-state index contributed by atoms with van der Waals surface area (Å²) in [6.07, 6.45) is 1.04. The molecule has 0 aromatic carbocycles. The molecule has 3 heteroatoms. The highest BCUT2D eigenvalue weighted by atomic mass is 35.5. The van der Waals surface area contributed by atoms with Gasteiger partial charge in [-0.05, 0) is 31.4 Å². The molecule has 1 rings (SSSR count). The first-order chi connectivity index (χ1) is 6.72. The van der Waals surface area contributed by atoms with E-state index in [1.54, 1.807) is 0 Å². The first-order valence-electron chi connectivity index (χ1n) is 4.96. The molecule has 0 bridgehead atoms. The Hall–Kier alpha value is -0.760. The van der Waals surface area contributed by atoms with Gasteiger partial charge in [0.25, 0.3) is 0 Å². The molecule has 0 saturated heterocycles. The van der Waals surface area contributed by atoms with Crippen LogP contribution in [0.4, 0.5) is 5.82 Å². The fraction of sp³-hybridized carbons (Fsp3) is 0.545. The maximum Gasteiger partial charge on any atom is 0.126 e. The predicted octanol–water partition coefficient (Wildman–Crippen LogP) is 3.07. The monoisotopic (exact) mass is 212 g/mol. The van der Waals surface area contributed by atoms with Crippen LogP contribution >= 0.6 is 11.6 Å². The van der Waals surface area contributed by atoms with E-state index in [9.17, 15) is 0 Å². The smallest absolute Gasteiger partial charge is 0.126 e. The van der Waals surface area contributed by atoms with Gasteiger partial charge in [0, 0.05) is 18.1 Å². The number of hydrogen-bond donors (Lipinski definition) is 1. The third-order valence-electron chi connectivity index (χ3n) is 2.12. The van der Waals surface area contributed by atoms with Crippen LogP contribution in [-0.2, 0) is 0 Å². The molecule has 0 radical (unpaired) electrons. The first-order valence-corrected chi connectivity index (χ1v) is 5.49. The number of nitrogens with zero attached hydrogens (tertiary/aromatic N) is 1. The average Bonchev–Trinajstić information content (AvgIpc) is 2.15. The predicted molar refractivity (Wildman–Crippen MR) is 62.0 cm³/mol. The zero-order valence-electron chi connectivity index (χ0n) is 8.76. The quantitative estimate of drug-likeness (QED) is 0.759. The number of rotatable bonds is 5. The summed E-state index contributed by atoms with van der Waals surface area (Å²) in [6, 6.07) is 5.99. The molecule has 78 valence electrons. The van der Waals surface area contributed by atoms with Gasteiger partial charge in [-0.2, -0.15) is 0 Å². The minimum atomic E-state index is 0.592. The van der Waals surface area contributed by atoms with Crippen molar-refractivity contribution in [2.75, 3.05) is 17.7 Å². The van der Waals surface area contributed by atoms with Crippen LogP contribution in [0.1, 0.15) is 19.0 Å². The van der Waals surface area contributed by atoms with E-state index in [2.05, 4.69) is 17.2 Å². The molecule has 0 spiro atoms. The normalized spacial score (nSPS) is 12.5. The van der Waals surface area contributed by atoms with Crippen LogP contribution in [-0.4, -0.2) is 17.4 Å². The van der Waals surface area contributed by atoms with E-state index in [1.807, 2.05) is 25.1 Å². The first kappa shape index (κ1) is 11.3. The van der Waals surface area contributed by atoms with Gasteiger partial charge in [-0.15, -0.1) is 11.6 Å². The highest BCUT2D eigenvalue weighted by molar-refractivity contribution is 6.17. The van der Waals surface area contributed by atoms with Gasteiger partial charge in [0.2, 0.25) is 0 Å². The molecule has 1 N–H and O–H groups in total. The lowest BCUT2D eigenvalue weighted by molar-refractivity contribution is 0.596. The summed E-state index contributed by atoms with van der Waals surface area (Å²) in [5.74, 6) is 2.27. The van der Waals surface area contributed by atoms with Gasteiger partial charge in [-0.3, -0.25) is 0 Å². The molecule has 0 saturated carbocycles. The Morgan fingerprint density at radius 3 is 2.93 bits per heavy atom. The molecule has 1 aromatic heterocycles. The molecule has 0 aliphatic carbocycles. The third kappa shape index (κ3) is 3.97. The lowest BCUT2D eigenvalue weighted by Gasteiger charge is -2.11. The Morgan fingerprint density at radius 1 is 1.50 bits per heavy atom. The lowest BCUT2D eigenvalue weighted by Crippen LogP contribution is -2.12. The zero-order chi connectivity index (χ0) is 10.4. The molecule has 1 atom stereocenters. The van der Waals surface area contributed by atoms with Gasteiger partial charge in [0.05, 0.1) is 0 Å². The fourth-order valence-corrected chi connectivity index (χ4v) is 1.58. The SMILES string of the molecule is Cc1cccc(NCC(C)CCCl)n1. The second-order valence-electron chi connectivity index (χ2n) is 3.63. The number of aryl methyl sites for hydroxylation is 1. The number of nitrogens with one attached hydrogen (secondary N) is 1. The van der Waals surface area contributed by atoms with Crippen molar-refractivity contribution in [3.8, 4) is 0 Å². The van der Waals surface area contributed by atoms with E-state index < -0.39 is 0 Å². The molecule has 0 aliphatic rings. The summed E-state index contributed by atoms with van der Waals surface area (Å²) in [5.41, 5.74) is 1.04. The summed E-state index contributed by atoms with van der Waals surface area (Å²) in [5, 5.41) is 3.30. The maximum atomic E-state index is 5.66. The van der Waals surface area contributed by atoms with Gasteiger partial charge in [0.15, 0.2) is 0 Å². The van der Waals surface area contributed by atoms with Gasteiger partial charge < -0.3 is 5.32 Å². The fourth-order valence-electron chi connectivity index (χ4n) is 1.21. The van der Waals surface area contributed by atoms with E-state index in [0.29, 0.717) is 5.92 Å². The number of anilines is 1. The van der Waals surface area contributed by atoms with Crippen molar-refractivity contribution in [3.63, 3.8) is 0 Å². The van der Waals surface area contributed by atoms with E-state index in [-0.39, 0.29) is 0 Å². The van der Waals surface area contributed by atoms with Crippen LogP contribution < -0.4 is 5.32 Å². The second kappa shape index (κ2) is 5.86. The minimum Gasteiger partial charge on any atom is -0.370 e. The Morgan fingerprint density at radius 2 is 2.29 bits per heavy atom. The van der Waals surface area contributed by atoms with Crippen molar-refractivity contribution in [1.82, 2.24) is 4.98 Å². The van der Waals surface area contributed by atoms with E-state index in [0.717, 1.165) is 30.4 Å². The van der Waals surface area contributed by atoms with Crippen LogP contribution in [0.3, 0.4) is 0 Å². The van der Waals surface area contributed by atoms with Crippen LogP contribution in [0, 0.1) is 12.8 Å². The zero-order valence-corrected chi connectivity index (χ0v) is 9.51. The Kier molecular flexibility index (Phi) is 4.74. The summed E-state index contributed by atoms with van der Waals surface area (Å²) >= 11 is 5.66. The number of alkyl halides is 1. The molecule has 1 aromatic rings. The van der Waals surface area contributed by atoms with Gasteiger partial charge >= 0.3 is 0 Å². The van der Waals surface area contributed by atoms with E-state index >= 15 is 0 Å². The minimum absolute atomic E-state index is 0.592. The van der Waals surface area contributed by atoms with Crippen molar-refractivity contribution in [3.05, 3.63) is 23.9 Å². The Balaban J connectivity index is 2.37. The van der Waals surface area contributed by atoms with Crippen molar-refractivity contribution in [2.45, 2.75) is 20.3 Å². The number of aromatic nitrogens is 1. The van der Waals surface area contributed by atoms with Gasteiger partial charge in [0.1, 0.15) is 5.82 Å². The second-order valence-corrected chi connectivity index (χ2v) is 4.01. The summed E-state index contributed by atoms with van der Waals surface area (Å²) in [6.45, 7) is 5.11. The summed E-state index contributed by atoms with van der Waals surface area (Å²) < 4.78 is 0. The maximum absolute atomic E-state index is 5.66. The Bertz CT molecular complexity index is 276. The molecule has 2 nitrogen and oxygen atoms in total. The number of halogens is 1. The highest BCUT2D eigenvalue weighted by Gasteiger charge is 2.01. The number of pyridine rings is 1. The molecule has 0 amide bonds. The van der Waals surface area contributed by atoms with Crippen LogP contribution in [0.2, 0.25) is 0 Å². The molecule has 1 unspecified atom stereocenters. The van der Waals surface area contributed by atoms with Crippen LogP contribution in [0.25, 0.3) is 0 Å². The average molecular weight is 213 g/mol. The van der Waals surface area contributed by atoms with Crippen molar-refractivity contribution in [2.24, 2.45) is 5.92 Å². The topological polar surface area (TPSA) is 24.9 Å². The lowest BCUT2D eigenvalue weighted by atomic mass is 10.1. The van der Waals surface area contributed by atoms with Crippen LogP contribution in [0.15, 0.2) is 18.2 Å². The van der Waals surface area contributed by atoms with Crippen LogP contribution in [0.5, 0.6) is 0 Å². The standard InChI is InChI=1S/C11H17ClN2/c1-9(6-7-12)8-13-11-5-3-4-10(2)14-11/h3-5,9H,6-8H2,1-2H3,(H,13,14). The third-order valence-corrected chi connectivity index (χ3v) is 2.34. The highest BCUT2D eigenvalue weighted by Crippen LogP contribution is 2.07. The molecule has 0 fully saturated rings. The van der Waals surface area contributed by atoms with Gasteiger partial charge in [-0.1, -0.05) is 13.0 Å². The van der Waals surface area contributed by atoms with E-state index in [4.69, 9.17) is 11.6 Å². The number of hydrogen-bond acceptors (Lipinski definition) is 2. The molecule has 1 heterocycles. The largest absolute Gasteiger partial charge is 0.370 e. The molecular weight excluding hydrogens is 196 g/mol. The molecule has 14 heavy (non-hydrogen) atoms. The Labute approximate surface area is 90.7 Å². The van der Waals surface area contributed by atoms with Gasteiger partial charge in [-0.25, -0.2) is 4.98 Å².